The third-order valence-electron chi connectivity index (χ3n) is 2.51. The molecule has 2 aromatic carbocycles. The van der Waals surface area contributed by atoms with Crippen molar-refractivity contribution in [2.24, 2.45) is 4.99 Å². The number of fused-ring (bicyclic) bond motifs is 1. The lowest BCUT2D eigenvalue weighted by Gasteiger charge is -1.92. The summed E-state index contributed by atoms with van der Waals surface area (Å²) in [7, 11) is 0. The first-order valence-electron chi connectivity index (χ1n) is 5.56. The number of thiazole rings is 1. The minimum Gasteiger partial charge on any atom is -0.227 e. The number of halogens is 2. The van der Waals surface area contributed by atoms with Gasteiger partial charge in [0.25, 0.3) is 0 Å². The van der Waals surface area contributed by atoms with Crippen LogP contribution in [0, 0.1) is 5.82 Å². The van der Waals surface area contributed by atoms with Gasteiger partial charge in [-0.25, -0.2) is 14.4 Å². The molecule has 0 unspecified atom stereocenters. The summed E-state index contributed by atoms with van der Waals surface area (Å²) in [6.07, 6.45) is 1.69. The fourth-order valence-corrected chi connectivity index (χ4v) is 2.69. The van der Waals surface area contributed by atoms with Crippen molar-refractivity contribution < 1.29 is 4.39 Å². The van der Waals surface area contributed by atoms with E-state index in [-0.39, 0.29) is 5.82 Å². The molecule has 94 valence electrons. The number of rotatable bonds is 2. The van der Waals surface area contributed by atoms with Crippen LogP contribution in [0.15, 0.2) is 47.5 Å². The van der Waals surface area contributed by atoms with E-state index in [0.29, 0.717) is 10.2 Å². The summed E-state index contributed by atoms with van der Waals surface area (Å²) in [6.45, 7) is 0. The topological polar surface area (TPSA) is 25.2 Å². The summed E-state index contributed by atoms with van der Waals surface area (Å²) < 4.78 is 13.9. The van der Waals surface area contributed by atoms with E-state index < -0.39 is 0 Å². The number of benzene rings is 2. The maximum absolute atomic E-state index is 13.1. The van der Waals surface area contributed by atoms with E-state index in [1.165, 1.54) is 23.5 Å². The van der Waals surface area contributed by atoms with Crippen LogP contribution in [-0.4, -0.2) is 11.2 Å². The van der Waals surface area contributed by atoms with Gasteiger partial charge >= 0.3 is 0 Å². The van der Waals surface area contributed by atoms with Gasteiger partial charge in [0.05, 0.1) is 10.2 Å². The summed E-state index contributed by atoms with van der Waals surface area (Å²) in [4.78, 5) is 8.60. The van der Waals surface area contributed by atoms with Crippen molar-refractivity contribution in [2.75, 3.05) is 0 Å². The fraction of sp³-hybridized carbons (Fsp3) is 0. The molecule has 1 aromatic heterocycles. The van der Waals surface area contributed by atoms with Crippen LogP contribution in [0.3, 0.4) is 0 Å². The molecule has 0 radical (unpaired) electrons. The minimum atomic E-state index is -0.262. The molecule has 0 bridgehead atoms. The maximum Gasteiger partial charge on any atom is 0.210 e. The summed E-state index contributed by atoms with van der Waals surface area (Å²) in [5, 5.41) is 1.26. The van der Waals surface area contributed by atoms with Crippen LogP contribution in [0.1, 0.15) is 5.56 Å². The Labute approximate surface area is 118 Å². The summed E-state index contributed by atoms with van der Waals surface area (Å²) in [5.74, 6) is -0.262. The molecular formula is C14H8ClFN2S. The molecule has 0 aliphatic carbocycles. The predicted molar refractivity (Wildman–Crippen MR) is 78.3 cm³/mol. The van der Waals surface area contributed by atoms with Crippen LogP contribution < -0.4 is 0 Å². The first-order chi connectivity index (χ1) is 9.20. The third kappa shape index (κ3) is 2.80. The average molecular weight is 291 g/mol. The van der Waals surface area contributed by atoms with Crippen molar-refractivity contribution in [1.29, 1.82) is 0 Å². The minimum absolute atomic E-state index is 0.262. The molecule has 1 heterocycles. The standard InChI is InChI=1S/C14H8ClFN2S/c15-10-3-1-2-9(6-10)8-17-14-18-12-5-4-11(16)7-13(12)19-14/h1-8H. The summed E-state index contributed by atoms with van der Waals surface area (Å²) in [6, 6.07) is 11.9. The lowest BCUT2D eigenvalue weighted by atomic mass is 10.2. The predicted octanol–water partition coefficient (Wildman–Crippen LogP) is 4.84. The van der Waals surface area contributed by atoms with E-state index >= 15 is 0 Å². The summed E-state index contributed by atoms with van der Waals surface area (Å²) in [5.41, 5.74) is 1.66. The molecule has 0 spiro atoms. The number of aliphatic imine (C=N–C) groups is 1. The Balaban J connectivity index is 1.92. The SMILES string of the molecule is Fc1ccc2nc(N=Cc3cccc(Cl)c3)sc2c1. The average Bonchev–Trinajstić information content (AvgIpc) is 2.78. The third-order valence-corrected chi connectivity index (χ3v) is 3.67. The first-order valence-corrected chi connectivity index (χ1v) is 6.76. The fourth-order valence-electron chi connectivity index (χ4n) is 1.66. The van der Waals surface area contributed by atoms with Gasteiger partial charge in [0, 0.05) is 11.2 Å². The van der Waals surface area contributed by atoms with Crippen LogP contribution in [0.25, 0.3) is 10.2 Å². The normalized spacial score (nSPS) is 11.5. The van der Waals surface area contributed by atoms with Gasteiger partial charge in [0.15, 0.2) is 0 Å². The Morgan fingerprint density at radius 2 is 2.11 bits per heavy atom. The van der Waals surface area contributed by atoms with E-state index in [2.05, 4.69) is 9.98 Å². The van der Waals surface area contributed by atoms with E-state index in [1.807, 2.05) is 18.2 Å². The monoisotopic (exact) mass is 290 g/mol. The van der Waals surface area contributed by atoms with Crippen molar-refractivity contribution in [3.05, 3.63) is 58.9 Å². The second-order valence-electron chi connectivity index (χ2n) is 3.92. The first kappa shape index (κ1) is 12.3. The highest BCUT2D eigenvalue weighted by molar-refractivity contribution is 7.22. The Hall–Kier alpha value is -1.78. The van der Waals surface area contributed by atoms with Crippen LogP contribution >= 0.6 is 22.9 Å². The van der Waals surface area contributed by atoms with Crippen molar-refractivity contribution in [2.45, 2.75) is 0 Å². The largest absolute Gasteiger partial charge is 0.227 e. The lowest BCUT2D eigenvalue weighted by Crippen LogP contribution is -1.78. The van der Waals surface area contributed by atoms with E-state index in [0.717, 1.165) is 15.8 Å². The Bertz CT molecular complexity index is 767. The van der Waals surface area contributed by atoms with Gasteiger partial charge in [-0.2, -0.15) is 0 Å². The molecule has 0 aliphatic heterocycles. The molecule has 3 rings (SSSR count). The molecule has 0 aliphatic rings. The zero-order valence-corrected chi connectivity index (χ0v) is 11.2. The van der Waals surface area contributed by atoms with Gasteiger partial charge in [-0.3, -0.25) is 0 Å². The van der Waals surface area contributed by atoms with Crippen molar-refractivity contribution in [1.82, 2.24) is 4.98 Å². The molecule has 5 heteroatoms. The molecule has 0 atom stereocenters. The Kier molecular flexibility index (Phi) is 3.27. The zero-order chi connectivity index (χ0) is 13.2. The van der Waals surface area contributed by atoms with Gasteiger partial charge in [0.2, 0.25) is 5.13 Å². The van der Waals surface area contributed by atoms with Crippen molar-refractivity contribution in [3.63, 3.8) is 0 Å². The number of aromatic nitrogens is 1. The highest BCUT2D eigenvalue weighted by Crippen LogP contribution is 2.28. The van der Waals surface area contributed by atoms with E-state index in [9.17, 15) is 4.39 Å². The van der Waals surface area contributed by atoms with Gasteiger partial charge in [-0.1, -0.05) is 35.1 Å². The van der Waals surface area contributed by atoms with Gasteiger partial charge in [0.1, 0.15) is 5.82 Å². The van der Waals surface area contributed by atoms with Crippen LogP contribution in [0.5, 0.6) is 0 Å². The Morgan fingerprint density at radius 1 is 1.21 bits per heavy atom. The number of hydrogen-bond acceptors (Lipinski definition) is 3. The van der Waals surface area contributed by atoms with Gasteiger partial charge in [-0.05, 0) is 35.9 Å². The zero-order valence-electron chi connectivity index (χ0n) is 9.68. The molecule has 0 saturated heterocycles. The van der Waals surface area contributed by atoms with Crippen LogP contribution in [0.2, 0.25) is 5.02 Å². The van der Waals surface area contributed by atoms with E-state index in [1.54, 1.807) is 18.3 Å². The molecule has 2 nitrogen and oxygen atoms in total. The van der Waals surface area contributed by atoms with E-state index in [4.69, 9.17) is 11.6 Å². The molecule has 3 aromatic rings. The van der Waals surface area contributed by atoms with Crippen LogP contribution in [-0.2, 0) is 0 Å². The highest BCUT2D eigenvalue weighted by Gasteiger charge is 2.03. The second kappa shape index (κ2) is 5.07. The van der Waals surface area contributed by atoms with Crippen molar-refractivity contribution >= 4 is 44.5 Å². The van der Waals surface area contributed by atoms with Gasteiger partial charge < -0.3 is 0 Å². The molecule has 0 saturated carbocycles. The number of hydrogen-bond donors (Lipinski definition) is 0. The molecule has 19 heavy (non-hydrogen) atoms. The lowest BCUT2D eigenvalue weighted by molar-refractivity contribution is 0.630. The number of nitrogens with zero attached hydrogens (tertiary/aromatic N) is 2. The molecule has 0 fully saturated rings. The maximum atomic E-state index is 13.1. The summed E-state index contributed by atoms with van der Waals surface area (Å²) >= 11 is 7.24. The molecule has 0 amide bonds. The van der Waals surface area contributed by atoms with Crippen LogP contribution in [0.4, 0.5) is 9.52 Å². The highest BCUT2D eigenvalue weighted by atomic mass is 35.5. The Morgan fingerprint density at radius 3 is 2.95 bits per heavy atom. The quantitative estimate of drug-likeness (QED) is 0.620. The molecular weight excluding hydrogens is 283 g/mol. The van der Waals surface area contributed by atoms with Gasteiger partial charge in [-0.15, -0.1) is 0 Å². The smallest absolute Gasteiger partial charge is 0.210 e. The second-order valence-corrected chi connectivity index (χ2v) is 5.37. The molecule has 0 N–H and O–H groups in total. The van der Waals surface area contributed by atoms with Crippen molar-refractivity contribution in [3.8, 4) is 0 Å².